The summed E-state index contributed by atoms with van der Waals surface area (Å²) >= 11 is 0. The second kappa shape index (κ2) is 14.7. The number of nitrogens with zero attached hydrogens (tertiary/aromatic N) is 4. The molecular weight excluding hydrogens is 468 g/mol. The molecule has 0 N–H and O–H groups in total. The third-order valence-electron chi connectivity index (χ3n) is 7.18. The number of hydrogen-bond acceptors (Lipinski definition) is 4. The largest absolute Gasteiger partial charge is 0.493 e. The van der Waals surface area contributed by atoms with Gasteiger partial charge in [0.15, 0.2) is 0 Å². The first kappa shape index (κ1) is 27.9. The van der Waals surface area contributed by atoms with Crippen molar-refractivity contribution in [3.05, 3.63) is 95.8 Å². The summed E-state index contributed by atoms with van der Waals surface area (Å²) in [6, 6.07) is 27.9. The highest BCUT2D eigenvalue weighted by Gasteiger charge is 2.16. The third kappa shape index (κ3) is 7.92. The Morgan fingerprint density at radius 1 is 0.737 bits per heavy atom. The molecule has 1 heterocycles. The summed E-state index contributed by atoms with van der Waals surface area (Å²) in [4.78, 5) is 10.1. The first-order valence-corrected chi connectivity index (χ1v) is 14.3. The van der Waals surface area contributed by atoms with Gasteiger partial charge in [-0.2, -0.15) is 0 Å². The Morgan fingerprint density at radius 2 is 1.39 bits per heavy atom. The van der Waals surface area contributed by atoms with Crippen molar-refractivity contribution in [2.45, 2.75) is 66.2 Å². The minimum Gasteiger partial charge on any atom is -0.493 e. The van der Waals surface area contributed by atoms with E-state index in [4.69, 9.17) is 9.72 Å². The Kier molecular flexibility index (Phi) is 10.8. The molecule has 0 fully saturated rings. The van der Waals surface area contributed by atoms with Gasteiger partial charge in [0.1, 0.15) is 11.6 Å². The Balaban J connectivity index is 1.55. The molecule has 0 aliphatic rings. The van der Waals surface area contributed by atoms with Crippen LogP contribution >= 0.6 is 0 Å². The van der Waals surface area contributed by atoms with Crippen molar-refractivity contribution in [1.82, 2.24) is 19.4 Å². The molecule has 0 saturated heterocycles. The van der Waals surface area contributed by atoms with E-state index in [1.807, 2.05) is 0 Å². The molecule has 0 spiro atoms. The van der Waals surface area contributed by atoms with Crippen LogP contribution in [0.2, 0.25) is 0 Å². The Morgan fingerprint density at radius 3 is 2.00 bits per heavy atom. The van der Waals surface area contributed by atoms with Gasteiger partial charge in [-0.3, -0.25) is 4.90 Å². The van der Waals surface area contributed by atoms with Crippen LogP contribution in [0.5, 0.6) is 5.75 Å². The molecule has 0 radical (unpaired) electrons. The van der Waals surface area contributed by atoms with Crippen molar-refractivity contribution in [3.8, 4) is 5.75 Å². The van der Waals surface area contributed by atoms with Gasteiger partial charge in [0, 0.05) is 32.2 Å². The van der Waals surface area contributed by atoms with Crippen molar-refractivity contribution in [2.24, 2.45) is 0 Å². The molecule has 1 aromatic heterocycles. The molecule has 0 bridgehead atoms. The fourth-order valence-corrected chi connectivity index (χ4v) is 5.00. The Bertz CT molecular complexity index is 1180. The summed E-state index contributed by atoms with van der Waals surface area (Å²) in [5.41, 5.74) is 4.86. The lowest BCUT2D eigenvalue weighted by atomic mass is 10.1. The molecule has 5 nitrogen and oxygen atoms in total. The molecule has 0 aliphatic heterocycles. The molecule has 5 heteroatoms. The van der Waals surface area contributed by atoms with Gasteiger partial charge in [0.25, 0.3) is 0 Å². The number of fused-ring (bicyclic) bond motifs is 1. The summed E-state index contributed by atoms with van der Waals surface area (Å²) < 4.78 is 8.60. The predicted molar refractivity (Wildman–Crippen MR) is 158 cm³/mol. The zero-order valence-corrected chi connectivity index (χ0v) is 23.5. The number of unbranched alkanes of at least 4 members (excludes halogenated alkanes) is 1. The fourth-order valence-electron chi connectivity index (χ4n) is 5.00. The minimum absolute atomic E-state index is 0.736. The van der Waals surface area contributed by atoms with Gasteiger partial charge in [-0.15, -0.1) is 0 Å². The SMILES string of the molecule is CCCCn1c(CN(Cc2ccccc2)Cc2ccccc2)nc2ccc(OCCCN(CC)CC)cc21. The van der Waals surface area contributed by atoms with Crippen LogP contribution in [0.1, 0.15) is 57.0 Å². The van der Waals surface area contributed by atoms with E-state index < -0.39 is 0 Å². The van der Waals surface area contributed by atoms with Gasteiger partial charge in [0.2, 0.25) is 0 Å². The maximum Gasteiger partial charge on any atom is 0.124 e. The second-order valence-corrected chi connectivity index (χ2v) is 10.0. The van der Waals surface area contributed by atoms with E-state index in [0.717, 1.165) is 88.8 Å². The lowest BCUT2D eigenvalue weighted by molar-refractivity contribution is 0.238. The number of rotatable bonds is 16. The summed E-state index contributed by atoms with van der Waals surface area (Å²) in [6.07, 6.45) is 3.32. The molecule has 38 heavy (non-hydrogen) atoms. The van der Waals surface area contributed by atoms with E-state index in [0.29, 0.717) is 0 Å². The van der Waals surface area contributed by atoms with Gasteiger partial charge in [-0.05, 0) is 49.2 Å². The molecule has 0 amide bonds. The molecule has 4 rings (SSSR count). The van der Waals surface area contributed by atoms with Crippen LogP contribution in [0.3, 0.4) is 0 Å². The van der Waals surface area contributed by atoms with Crippen molar-refractivity contribution in [1.29, 1.82) is 0 Å². The van der Waals surface area contributed by atoms with Crippen molar-refractivity contribution >= 4 is 11.0 Å². The van der Waals surface area contributed by atoms with Crippen molar-refractivity contribution in [2.75, 3.05) is 26.2 Å². The molecule has 0 unspecified atom stereocenters. The van der Waals surface area contributed by atoms with Crippen LogP contribution in [-0.2, 0) is 26.2 Å². The van der Waals surface area contributed by atoms with Gasteiger partial charge in [0.05, 0.1) is 24.2 Å². The van der Waals surface area contributed by atoms with Gasteiger partial charge < -0.3 is 14.2 Å². The average molecular weight is 513 g/mol. The standard InChI is InChI=1S/C33H44N4O/c1-4-7-22-37-32-24-30(38-23-14-21-35(5-2)6-3)19-20-31(32)34-33(37)27-36(25-28-15-10-8-11-16-28)26-29-17-12-9-13-18-29/h8-13,15-20,24H,4-7,14,21-23,25-27H2,1-3H3. The highest BCUT2D eigenvalue weighted by Crippen LogP contribution is 2.25. The smallest absolute Gasteiger partial charge is 0.124 e. The van der Waals surface area contributed by atoms with E-state index in [1.165, 1.54) is 16.6 Å². The molecule has 0 atom stereocenters. The molecular formula is C33H44N4O. The zero-order valence-electron chi connectivity index (χ0n) is 23.5. The third-order valence-corrected chi connectivity index (χ3v) is 7.18. The maximum absolute atomic E-state index is 6.18. The molecule has 202 valence electrons. The first-order valence-electron chi connectivity index (χ1n) is 14.3. The number of benzene rings is 3. The normalized spacial score (nSPS) is 11.6. The number of ether oxygens (including phenoxy) is 1. The van der Waals surface area contributed by atoms with Gasteiger partial charge in [-0.1, -0.05) is 87.9 Å². The lowest BCUT2D eigenvalue weighted by Gasteiger charge is -2.23. The highest BCUT2D eigenvalue weighted by atomic mass is 16.5. The monoisotopic (exact) mass is 512 g/mol. The lowest BCUT2D eigenvalue weighted by Crippen LogP contribution is -2.25. The van der Waals surface area contributed by atoms with Crippen LogP contribution < -0.4 is 4.74 Å². The van der Waals surface area contributed by atoms with Gasteiger partial charge in [-0.25, -0.2) is 4.98 Å². The zero-order chi connectivity index (χ0) is 26.6. The average Bonchev–Trinajstić information content (AvgIpc) is 3.29. The quantitative estimate of drug-likeness (QED) is 0.149. The molecule has 3 aromatic carbocycles. The number of aromatic nitrogens is 2. The fraction of sp³-hybridized carbons (Fsp3) is 0.424. The number of imidazole rings is 1. The maximum atomic E-state index is 6.18. The van der Waals surface area contributed by atoms with E-state index in [2.05, 4.69) is 114 Å². The van der Waals surface area contributed by atoms with E-state index in [9.17, 15) is 0 Å². The second-order valence-electron chi connectivity index (χ2n) is 10.0. The van der Waals surface area contributed by atoms with Crippen LogP contribution in [0.4, 0.5) is 0 Å². The highest BCUT2D eigenvalue weighted by molar-refractivity contribution is 5.77. The van der Waals surface area contributed by atoms with E-state index in [1.54, 1.807) is 0 Å². The van der Waals surface area contributed by atoms with Crippen molar-refractivity contribution in [3.63, 3.8) is 0 Å². The summed E-state index contributed by atoms with van der Waals surface area (Å²) in [5.74, 6) is 2.06. The van der Waals surface area contributed by atoms with Crippen LogP contribution in [-0.4, -0.2) is 45.6 Å². The Labute approximate surface area is 229 Å². The molecule has 0 saturated carbocycles. The summed E-state index contributed by atoms with van der Waals surface area (Å²) in [5, 5.41) is 0. The van der Waals surface area contributed by atoms with Crippen LogP contribution in [0, 0.1) is 0 Å². The summed E-state index contributed by atoms with van der Waals surface area (Å²) in [6.45, 7) is 14.2. The van der Waals surface area contributed by atoms with Gasteiger partial charge >= 0.3 is 0 Å². The predicted octanol–water partition coefficient (Wildman–Crippen LogP) is 7.15. The molecule has 0 aliphatic carbocycles. The van der Waals surface area contributed by atoms with E-state index in [-0.39, 0.29) is 0 Å². The van der Waals surface area contributed by atoms with E-state index >= 15 is 0 Å². The summed E-state index contributed by atoms with van der Waals surface area (Å²) in [7, 11) is 0. The first-order chi connectivity index (χ1) is 18.7. The number of hydrogen-bond donors (Lipinski definition) is 0. The Hall–Kier alpha value is -3.15. The topological polar surface area (TPSA) is 33.5 Å². The molecule has 4 aromatic rings. The van der Waals surface area contributed by atoms with Crippen LogP contribution in [0.15, 0.2) is 78.9 Å². The minimum atomic E-state index is 0.736. The number of aryl methyl sites for hydroxylation is 1. The van der Waals surface area contributed by atoms with Crippen molar-refractivity contribution < 1.29 is 4.74 Å². The van der Waals surface area contributed by atoms with Crippen LogP contribution in [0.25, 0.3) is 11.0 Å².